The van der Waals surface area contributed by atoms with Crippen molar-refractivity contribution in [3.63, 3.8) is 0 Å². The van der Waals surface area contributed by atoms with Gasteiger partial charge in [-0.2, -0.15) is 0 Å². The predicted octanol–water partition coefficient (Wildman–Crippen LogP) is 1.70. The van der Waals surface area contributed by atoms with Crippen LogP contribution in [0.25, 0.3) is 0 Å². The van der Waals surface area contributed by atoms with E-state index in [1.54, 1.807) is 11.3 Å². The summed E-state index contributed by atoms with van der Waals surface area (Å²) in [5.41, 5.74) is 6.86. The van der Waals surface area contributed by atoms with E-state index >= 15 is 0 Å². The van der Waals surface area contributed by atoms with Crippen LogP contribution in [0.1, 0.15) is 39.9 Å². The van der Waals surface area contributed by atoms with E-state index in [0.717, 1.165) is 17.7 Å². The Labute approximate surface area is 100 Å². The molecule has 1 aliphatic rings. The number of fused-ring (bicyclic) bond motifs is 1. The summed E-state index contributed by atoms with van der Waals surface area (Å²) in [7, 11) is 0. The van der Waals surface area contributed by atoms with Crippen molar-refractivity contribution in [3.8, 4) is 0 Å². The van der Waals surface area contributed by atoms with Gasteiger partial charge in [0.2, 0.25) is 0 Å². The molecule has 1 aliphatic carbocycles. The van der Waals surface area contributed by atoms with Crippen LogP contribution in [0.5, 0.6) is 0 Å². The molecule has 0 spiro atoms. The molecule has 1 aromatic rings. The highest BCUT2D eigenvalue weighted by molar-refractivity contribution is 7.14. The number of carbonyl (C=O) groups excluding carboxylic acids is 1. The minimum absolute atomic E-state index is 0.0253. The van der Waals surface area contributed by atoms with E-state index < -0.39 is 0 Å². The zero-order valence-corrected chi connectivity index (χ0v) is 10.4. The predicted molar refractivity (Wildman–Crippen MR) is 66.9 cm³/mol. The number of hydrogen-bond acceptors (Lipinski definition) is 3. The largest absolute Gasteiger partial charge is 0.348 e. The third-order valence-corrected chi connectivity index (χ3v) is 4.19. The number of nitrogens with one attached hydrogen (secondary N) is 1. The van der Waals surface area contributed by atoms with Gasteiger partial charge < -0.3 is 11.1 Å². The molecule has 0 aliphatic heterocycles. The van der Waals surface area contributed by atoms with Crippen LogP contribution in [0.2, 0.25) is 0 Å². The van der Waals surface area contributed by atoms with Gasteiger partial charge >= 0.3 is 0 Å². The summed E-state index contributed by atoms with van der Waals surface area (Å²) < 4.78 is 0. The van der Waals surface area contributed by atoms with E-state index in [2.05, 4.69) is 11.4 Å². The molecule has 1 atom stereocenters. The van der Waals surface area contributed by atoms with Gasteiger partial charge in [0, 0.05) is 17.5 Å². The second-order valence-electron chi connectivity index (χ2n) is 4.38. The number of amides is 1. The normalized spacial score (nSPS) is 16.6. The Morgan fingerprint density at radius 1 is 1.56 bits per heavy atom. The maximum atomic E-state index is 11.9. The molecule has 1 amide bonds. The maximum absolute atomic E-state index is 11.9. The molecule has 0 bridgehead atoms. The summed E-state index contributed by atoms with van der Waals surface area (Å²) in [6.07, 6.45) is 4.78. The van der Waals surface area contributed by atoms with Crippen LogP contribution in [-0.2, 0) is 12.8 Å². The van der Waals surface area contributed by atoms with Crippen LogP contribution in [-0.4, -0.2) is 18.5 Å². The summed E-state index contributed by atoms with van der Waals surface area (Å²) in [4.78, 5) is 14.1. The third-order valence-electron chi connectivity index (χ3n) is 2.95. The van der Waals surface area contributed by atoms with Crippen LogP contribution in [0.4, 0.5) is 0 Å². The van der Waals surface area contributed by atoms with E-state index in [0.29, 0.717) is 6.54 Å². The Morgan fingerprint density at radius 2 is 2.31 bits per heavy atom. The van der Waals surface area contributed by atoms with Crippen LogP contribution < -0.4 is 11.1 Å². The van der Waals surface area contributed by atoms with E-state index in [9.17, 15) is 4.79 Å². The fraction of sp³-hybridized carbons (Fsp3) is 0.583. The number of aryl methyl sites for hydroxylation is 2. The van der Waals surface area contributed by atoms with Gasteiger partial charge in [-0.15, -0.1) is 11.3 Å². The van der Waals surface area contributed by atoms with Crippen LogP contribution in [0.3, 0.4) is 0 Å². The first kappa shape index (κ1) is 11.6. The lowest BCUT2D eigenvalue weighted by Crippen LogP contribution is -2.37. The average molecular weight is 238 g/mol. The Morgan fingerprint density at radius 3 is 3.00 bits per heavy atom. The van der Waals surface area contributed by atoms with Gasteiger partial charge in [0.05, 0.1) is 4.88 Å². The van der Waals surface area contributed by atoms with Crippen LogP contribution in [0, 0.1) is 0 Å². The van der Waals surface area contributed by atoms with Crippen LogP contribution in [0.15, 0.2) is 6.07 Å². The Kier molecular flexibility index (Phi) is 3.61. The molecule has 88 valence electrons. The number of hydrogen-bond donors (Lipinski definition) is 2. The van der Waals surface area contributed by atoms with Gasteiger partial charge in [-0.05, 0) is 44.2 Å². The number of thiophene rings is 1. The lowest BCUT2D eigenvalue weighted by molar-refractivity contribution is 0.0945. The molecule has 1 aromatic heterocycles. The molecule has 0 fully saturated rings. The summed E-state index contributed by atoms with van der Waals surface area (Å²) in [6.45, 7) is 2.41. The molecule has 0 saturated carbocycles. The van der Waals surface area contributed by atoms with Crippen molar-refractivity contribution < 1.29 is 4.79 Å². The molecule has 0 radical (unpaired) electrons. The molecular formula is C12H18N2OS. The maximum Gasteiger partial charge on any atom is 0.261 e. The Balaban J connectivity index is 2.09. The van der Waals surface area contributed by atoms with E-state index in [1.165, 1.54) is 23.3 Å². The topological polar surface area (TPSA) is 55.1 Å². The van der Waals surface area contributed by atoms with Gasteiger partial charge in [0.15, 0.2) is 0 Å². The minimum Gasteiger partial charge on any atom is -0.348 e. The highest BCUT2D eigenvalue weighted by atomic mass is 32.1. The highest BCUT2D eigenvalue weighted by Gasteiger charge is 2.17. The molecule has 3 nitrogen and oxygen atoms in total. The average Bonchev–Trinajstić information content (AvgIpc) is 2.72. The minimum atomic E-state index is 0.0253. The molecule has 16 heavy (non-hydrogen) atoms. The number of nitrogens with two attached hydrogens (primary N) is 1. The lowest BCUT2D eigenvalue weighted by atomic mass is 9.99. The summed E-state index contributed by atoms with van der Waals surface area (Å²) in [6, 6.07) is 2.10. The third kappa shape index (κ3) is 2.44. The standard InChI is InChI=1S/C12H18N2OS/c1-8(7-13)14-12(15)11-6-9-4-2-3-5-10(9)16-11/h6,8H,2-5,7,13H2,1H3,(H,14,15)/t8-/m0/s1. The van der Waals surface area contributed by atoms with Crippen molar-refractivity contribution in [2.75, 3.05) is 6.54 Å². The van der Waals surface area contributed by atoms with Crippen molar-refractivity contribution in [2.24, 2.45) is 5.73 Å². The first-order valence-corrected chi connectivity index (χ1v) is 6.65. The first-order chi connectivity index (χ1) is 7.70. The quantitative estimate of drug-likeness (QED) is 0.842. The molecular weight excluding hydrogens is 220 g/mol. The fourth-order valence-corrected chi connectivity index (χ4v) is 3.11. The lowest BCUT2D eigenvalue weighted by Gasteiger charge is -2.09. The Hall–Kier alpha value is -0.870. The number of rotatable bonds is 3. The van der Waals surface area contributed by atoms with Gasteiger partial charge in [0.25, 0.3) is 5.91 Å². The summed E-state index contributed by atoms with van der Waals surface area (Å²) >= 11 is 1.64. The summed E-state index contributed by atoms with van der Waals surface area (Å²) in [5, 5.41) is 2.90. The van der Waals surface area contributed by atoms with Gasteiger partial charge in [-0.1, -0.05) is 0 Å². The fourth-order valence-electron chi connectivity index (χ4n) is 1.96. The highest BCUT2D eigenvalue weighted by Crippen LogP contribution is 2.29. The van der Waals surface area contributed by atoms with Crippen LogP contribution >= 0.6 is 11.3 Å². The summed E-state index contributed by atoms with van der Waals surface area (Å²) in [5.74, 6) is 0.0253. The van der Waals surface area contributed by atoms with E-state index in [1.807, 2.05) is 6.92 Å². The Bertz CT molecular complexity index is 363. The van der Waals surface area contributed by atoms with Crippen molar-refractivity contribution in [1.82, 2.24) is 5.32 Å². The number of carbonyl (C=O) groups is 1. The molecule has 2 rings (SSSR count). The molecule has 4 heteroatoms. The van der Waals surface area contributed by atoms with Gasteiger partial charge in [0.1, 0.15) is 0 Å². The molecule has 0 aromatic carbocycles. The SMILES string of the molecule is C[C@@H](CN)NC(=O)c1cc2c(s1)CCCC2. The van der Waals surface area contributed by atoms with Gasteiger partial charge in [-0.25, -0.2) is 0 Å². The van der Waals surface area contributed by atoms with E-state index in [-0.39, 0.29) is 11.9 Å². The van der Waals surface area contributed by atoms with Crippen molar-refractivity contribution in [3.05, 3.63) is 21.4 Å². The zero-order valence-electron chi connectivity index (χ0n) is 9.58. The zero-order chi connectivity index (χ0) is 11.5. The molecule has 0 saturated heterocycles. The second kappa shape index (κ2) is 4.97. The molecule has 3 N–H and O–H groups in total. The van der Waals surface area contributed by atoms with Crippen molar-refractivity contribution in [1.29, 1.82) is 0 Å². The first-order valence-electron chi connectivity index (χ1n) is 5.83. The van der Waals surface area contributed by atoms with Gasteiger partial charge in [-0.3, -0.25) is 4.79 Å². The second-order valence-corrected chi connectivity index (χ2v) is 5.51. The smallest absolute Gasteiger partial charge is 0.261 e. The molecule has 1 heterocycles. The monoisotopic (exact) mass is 238 g/mol. The molecule has 0 unspecified atom stereocenters. The van der Waals surface area contributed by atoms with E-state index in [4.69, 9.17) is 5.73 Å². The van der Waals surface area contributed by atoms with Crippen molar-refractivity contribution in [2.45, 2.75) is 38.6 Å². The van der Waals surface area contributed by atoms with Crippen molar-refractivity contribution >= 4 is 17.2 Å².